The molecule has 0 saturated heterocycles. The molecule has 4 amide bonds. The maximum Gasteiger partial charge on any atom is 0.321 e. The Kier molecular flexibility index (Phi) is 8.85. The minimum absolute atomic E-state index is 0.0367. The lowest BCUT2D eigenvalue weighted by Crippen LogP contribution is -2.46. The van der Waals surface area contributed by atoms with Gasteiger partial charge in [-0.2, -0.15) is 0 Å². The highest BCUT2D eigenvalue weighted by Crippen LogP contribution is 2.23. The number of rotatable bonds is 10. The van der Waals surface area contributed by atoms with Gasteiger partial charge in [-0.25, -0.2) is 9.78 Å². The molecular weight excluding hydrogens is 518 g/mol. The number of amides is 4. The van der Waals surface area contributed by atoms with Crippen LogP contribution in [0.3, 0.4) is 0 Å². The molecule has 4 aromatic rings. The zero-order valence-corrected chi connectivity index (χ0v) is 21.8. The van der Waals surface area contributed by atoms with Crippen molar-refractivity contribution in [2.45, 2.75) is 32.0 Å². The minimum atomic E-state index is -1.07. The molecule has 1 heterocycles. The van der Waals surface area contributed by atoms with Crippen molar-refractivity contribution < 1.29 is 24.3 Å². The summed E-state index contributed by atoms with van der Waals surface area (Å²) < 4.78 is 0. The summed E-state index contributed by atoms with van der Waals surface area (Å²) in [5.41, 5.74) is 1.61. The van der Waals surface area contributed by atoms with E-state index < -0.39 is 35.9 Å². The minimum Gasteiger partial charge on any atom is -0.481 e. The first-order valence-corrected chi connectivity index (χ1v) is 13.0. The number of hydrogen-bond donors (Lipinski definition) is 5. The standard InChI is InChI=1S/C28H27N5O5S/c1-17(25(36)31-22(14-24(34)35)21-12-11-19-9-5-6-10-20(19)13-21)30-26(37)23-16-39-28(32-23)33-27(38)29-15-18-7-3-2-4-8-18/h2-13,16-17,22H,14-15H2,1H3,(H,30,37)(H,31,36)(H,34,35)(H2,29,32,33,38)/t17-,22?/m0/s1. The summed E-state index contributed by atoms with van der Waals surface area (Å²) in [6.45, 7) is 1.83. The molecule has 0 fully saturated rings. The Morgan fingerprint density at radius 2 is 1.64 bits per heavy atom. The number of anilines is 1. The quantitative estimate of drug-likeness (QED) is 0.203. The molecule has 0 aliphatic rings. The number of carbonyl (C=O) groups is 4. The first-order chi connectivity index (χ1) is 18.8. The Morgan fingerprint density at radius 3 is 2.38 bits per heavy atom. The highest BCUT2D eigenvalue weighted by Gasteiger charge is 2.24. The summed E-state index contributed by atoms with van der Waals surface area (Å²) in [5.74, 6) is -2.22. The number of carboxylic acid groups (broad SMARTS) is 1. The monoisotopic (exact) mass is 545 g/mol. The lowest BCUT2D eigenvalue weighted by molar-refractivity contribution is -0.137. The fourth-order valence-electron chi connectivity index (χ4n) is 3.84. The maximum absolute atomic E-state index is 12.9. The average Bonchev–Trinajstić information content (AvgIpc) is 3.40. The SMILES string of the molecule is C[C@H](NC(=O)c1csc(NC(=O)NCc2ccccc2)n1)C(=O)NC(CC(=O)O)c1ccc2ccccc2c1. The van der Waals surface area contributed by atoms with E-state index in [0.717, 1.165) is 27.7 Å². The van der Waals surface area contributed by atoms with Gasteiger partial charge < -0.3 is 21.1 Å². The highest BCUT2D eigenvalue weighted by molar-refractivity contribution is 7.14. The van der Waals surface area contributed by atoms with Crippen molar-refractivity contribution >= 4 is 51.1 Å². The van der Waals surface area contributed by atoms with Gasteiger partial charge in [0.05, 0.1) is 12.5 Å². The van der Waals surface area contributed by atoms with E-state index in [0.29, 0.717) is 12.1 Å². The Morgan fingerprint density at radius 1 is 0.923 bits per heavy atom. The van der Waals surface area contributed by atoms with Gasteiger partial charge in [0, 0.05) is 11.9 Å². The van der Waals surface area contributed by atoms with Crippen LogP contribution in [-0.4, -0.2) is 39.9 Å². The number of nitrogens with one attached hydrogen (secondary N) is 4. The van der Waals surface area contributed by atoms with Gasteiger partial charge in [0.1, 0.15) is 11.7 Å². The van der Waals surface area contributed by atoms with Gasteiger partial charge in [-0.05, 0) is 34.9 Å². The molecule has 2 atom stereocenters. The molecule has 1 aromatic heterocycles. The lowest BCUT2D eigenvalue weighted by atomic mass is 9.99. The average molecular weight is 546 g/mol. The van der Waals surface area contributed by atoms with Crippen LogP contribution in [0.5, 0.6) is 0 Å². The van der Waals surface area contributed by atoms with E-state index >= 15 is 0 Å². The van der Waals surface area contributed by atoms with Crippen molar-refractivity contribution in [1.29, 1.82) is 0 Å². The summed E-state index contributed by atoms with van der Waals surface area (Å²) in [7, 11) is 0. The van der Waals surface area contributed by atoms with Crippen molar-refractivity contribution in [3.8, 4) is 0 Å². The summed E-state index contributed by atoms with van der Waals surface area (Å²) in [5, 5.41) is 23.6. The van der Waals surface area contributed by atoms with Gasteiger partial charge in [-0.15, -0.1) is 11.3 Å². The molecule has 0 spiro atoms. The number of thiazole rings is 1. The Bertz CT molecular complexity index is 1490. The van der Waals surface area contributed by atoms with Gasteiger partial charge in [-0.3, -0.25) is 19.7 Å². The number of aliphatic carboxylic acids is 1. The summed E-state index contributed by atoms with van der Waals surface area (Å²) in [6.07, 6.45) is -0.321. The van der Waals surface area contributed by atoms with Crippen LogP contribution in [0.25, 0.3) is 10.8 Å². The van der Waals surface area contributed by atoms with Crippen molar-refractivity contribution in [2.24, 2.45) is 0 Å². The molecule has 3 aromatic carbocycles. The highest BCUT2D eigenvalue weighted by atomic mass is 32.1. The topological polar surface area (TPSA) is 150 Å². The molecule has 0 aliphatic carbocycles. The van der Waals surface area contributed by atoms with Crippen molar-refractivity contribution in [2.75, 3.05) is 5.32 Å². The first-order valence-electron chi connectivity index (χ1n) is 12.1. The van der Waals surface area contributed by atoms with Crippen LogP contribution in [0.4, 0.5) is 9.93 Å². The van der Waals surface area contributed by atoms with Gasteiger partial charge in [0.15, 0.2) is 5.13 Å². The van der Waals surface area contributed by atoms with Crippen LogP contribution in [-0.2, 0) is 16.1 Å². The molecule has 10 nitrogen and oxygen atoms in total. The second-order valence-corrected chi connectivity index (χ2v) is 9.65. The van der Waals surface area contributed by atoms with Crippen molar-refractivity contribution in [1.82, 2.24) is 20.9 Å². The third-order valence-corrected chi connectivity index (χ3v) is 6.62. The van der Waals surface area contributed by atoms with Crippen LogP contribution in [0.2, 0.25) is 0 Å². The smallest absolute Gasteiger partial charge is 0.321 e. The Labute approximate surface area is 228 Å². The number of hydrogen-bond acceptors (Lipinski definition) is 6. The zero-order chi connectivity index (χ0) is 27.8. The largest absolute Gasteiger partial charge is 0.481 e. The number of carboxylic acids is 1. The fraction of sp³-hybridized carbons (Fsp3) is 0.179. The van der Waals surface area contributed by atoms with E-state index in [1.165, 1.54) is 12.3 Å². The van der Waals surface area contributed by atoms with Gasteiger partial charge in [-0.1, -0.05) is 66.7 Å². The van der Waals surface area contributed by atoms with Gasteiger partial charge in [0.25, 0.3) is 5.91 Å². The number of fused-ring (bicyclic) bond motifs is 1. The molecule has 0 aliphatic heterocycles. The fourth-order valence-corrected chi connectivity index (χ4v) is 4.52. The zero-order valence-electron chi connectivity index (χ0n) is 21.0. The number of nitrogens with zero attached hydrogens (tertiary/aromatic N) is 1. The predicted octanol–water partition coefficient (Wildman–Crippen LogP) is 4.07. The molecule has 0 bridgehead atoms. The van der Waals surface area contributed by atoms with Crippen LogP contribution in [0.15, 0.2) is 78.2 Å². The number of carbonyl (C=O) groups excluding carboxylic acids is 3. The van der Waals surface area contributed by atoms with Crippen molar-refractivity contribution in [3.63, 3.8) is 0 Å². The van der Waals surface area contributed by atoms with E-state index in [4.69, 9.17) is 0 Å². The van der Waals surface area contributed by atoms with Gasteiger partial charge >= 0.3 is 12.0 Å². The lowest BCUT2D eigenvalue weighted by Gasteiger charge is -2.21. The van der Waals surface area contributed by atoms with E-state index in [1.807, 2.05) is 66.7 Å². The molecule has 1 unspecified atom stereocenters. The van der Waals surface area contributed by atoms with Crippen LogP contribution in [0, 0.1) is 0 Å². The molecule has 39 heavy (non-hydrogen) atoms. The Balaban J connectivity index is 1.33. The second kappa shape index (κ2) is 12.7. The maximum atomic E-state index is 12.9. The molecule has 0 saturated carbocycles. The summed E-state index contributed by atoms with van der Waals surface area (Å²) in [4.78, 5) is 53.3. The van der Waals surface area contributed by atoms with Crippen molar-refractivity contribution in [3.05, 3.63) is 95.0 Å². The first kappa shape index (κ1) is 27.3. The normalized spacial score (nSPS) is 12.2. The predicted molar refractivity (Wildman–Crippen MR) is 148 cm³/mol. The third kappa shape index (κ3) is 7.62. The van der Waals surface area contributed by atoms with Crippen LogP contribution < -0.4 is 21.3 Å². The molecular formula is C28H27N5O5S. The Hall–Kier alpha value is -4.77. The summed E-state index contributed by atoms with van der Waals surface area (Å²) in [6, 6.07) is 20.3. The number of benzene rings is 3. The molecule has 4 rings (SSSR count). The van der Waals surface area contributed by atoms with E-state index in [-0.39, 0.29) is 17.2 Å². The van der Waals surface area contributed by atoms with Gasteiger partial charge in [0.2, 0.25) is 5.91 Å². The van der Waals surface area contributed by atoms with E-state index in [9.17, 15) is 24.3 Å². The second-order valence-electron chi connectivity index (χ2n) is 8.79. The molecule has 0 radical (unpaired) electrons. The third-order valence-electron chi connectivity index (χ3n) is 5.87. The number of urea groups is 1. The van der Waals surface area contributed by atoms with Crippen LogP contribution in [0.1, 0.15) is 41.0 Å². The molecule has 5 N–H and O–H groups in total. The molecule has 11 heteroatoms. The van der Waals surface area contributed by atoms with Crippen LogP contribution >= 0.6 is 11.3 Å². The summed E-state index contributed by atoms with van der Waals surface area (Å²) >= 11 is 1.07. The van der Waals surface area contributed by atoms with E-state index in [2.05, 4.69) is 26.3 Å². The molecule has 200 valence electrons. The number of aromatic nitrogens is 1. The van der Waals surface area contributed by atoms with E-state index in [1.54, 1.807) is 6.07 Å².